The molecule has 0 spiro atoms. The summed E-state index contributed by atoms with van der Waals surface area (Å²) in [4.78, 5) is 0. The van der Waals surface area contributed by atoms with Crippen molar-refractivity contribution >= 4 is 15.2 Å². The second kappa shape index (κ2) is 20.8. The Labute approximate surface area is 428 Å². The SMILES string of the molecule is CC(C)(C)c1ccc(OP(=O)(CCCCCCP(=O)(Oc2ccc(C(C)(C)C)cc2C(C)(C)C)Oc2ccc(C(C)(C)C)cc2C(C)(C)C)Oc2ccc(C(C)(C)C)cc2C(C)(C)C)c(C(C)(C)C)c1. The van der Waals surface area contributed by atoms with Gasteiger partial charge in [0.15, 0.2) is 0 Å². The number of unbranched alkanes of at least 4 members (excludes halogenated alkanes) is 3. The van der Waals surface area contributed by atoms with Crippen LogP contribution in [0.25, 0.3) is 0 Å². The minimum absolute atomic E-state index is 0.0767. The van der Waals surface area contributed by atoms with Gasteiger partial charge in [-0.05, 0) is 103 Å². The molecule has 0 heterocycles. The minimum atomic E-state index is -3.82. The quantitative estimate of drug-likeness (QED) is 0.0873. The lowest BCUT2D eigenvalue weighted by molar-refractivity contribution is 0.369. The third-order valence-corrected chi connectivity index (χ3v) is 16.8. The first kappa shape index (κ1) is 59.1. The fourth-order valence-electron chi connectivity index (χ4n) is 8.43. The third kappa shape index (κ3) is 16.0. The van der Waals surface area contributed by atoms with Gasteiger partial charge in [0.05, 0.1) is 12.3 Å². The van der Waals surface area contributed by atoms with Crippen LogP contribution in [0.4, 0.5) is 0 Å². The van der Waals surface area contributed by atoms with Crippen LogP contribution in [0.1, 0.15) is 236 Å². The summed E-state index contributed by atoms with van der Waals surface area (Å²) in [7, 11) is -7.64. The van der Waals surface area contributed by atoms with E-state index in [2.05, 4.69) is 215 Å². The number of benzene rings is 4. The molecule has 4 rings (SSSR count). The van der Waals surface area contributed by atoms with E-state index in [0.717, 1.165) is 22.3 Å². The Bertz CT molecular complexity index is 2190. The maximum absolute atomic E-state index is 15.5. The van der Waals surface area contributed by atoms with Gasteiger partial charge >= 0.3 is 15.2 Å². The average molecular weight is 999 g/mol. The van der Waals surface area contributed by atoms with Crippen LogP contribution >= 0.6 is 15.2 Å². The molecule has 0 aliphatic carbocycles. The molecule has 0 saturated carbocycles. The molecule has 0 fully saturated rings. The normalized spacial score (nSPS) is 13.9. The van der Waals surface area contributed by atoms with Gasteiger partial charge in [-0.3, -0.25) is 0 Å². The molecule has 0 bridgehead atoms. The number of hydrogen-bond acceptors (Lipinski definition) is 6. The monoisotopic (exact) mass is 999 g/mol. The minimum Gasteiger partial charge on any atom is -0.416 e. The highest BCUT2D eigenvalue weighted by Crippen LogP contribution is 2.56. The lowest BCUT2D eigenvalue weighted by Gasteiger charge is -2.31. The zero-order chi connectivity index (χ0) is 53.5. The standard InChI is InChI=1S/C62H96O6P2/c1-55(2,3)43-29-33-51(47(39-43)59(13,14)15)65-69(63,66-52-34-30-44(56(4,5)6)40-48(52)60(16,17)18)37-27-25-26-28-38-70(64,67-53-35-31-45(57(7,8)9)41-49(53)61(19,20)21)68-54-36-32-46(58(10,11)12)42-50(54)62(22,23)24/h29-36,39-42H,25-28,37-38H2,1-24H3. The average Bonchev–Trinajstić information content (AvgIpc) is 3.16. The molecular formula is C62H96O6P2. The summed E-state index contributed by atoms with van der Waals surface area (Å²) in [6, 6.07) is 25.1. The summed E-state index contributed by atoms with van der Waals surface area (Å²) < 4.78 is 58.2. The molecule has 0 atom stereocenters. The number of hydrogen-bond donors (Lipinski definition) is 0. The van der Waals surface area contributed by atoms with Crippen LogP contribution in [0.5, 0.6) is 23.0 Å². The second-order valence-corrected chi connectivity index (χ2v) is 32.4. The van der Waals surface area contributed by atoms with Crippen molar-refractivity contribution < 1.29 is 27.2 Å². The van der Waals surface area contributed by atoms with Crippen molar-refractivity contribution in [2.24, 2.45) is 0 Å². The van der Waals surface area contributed by atoms with Gasteiger partial charge in [0.25, 0.3) is 0 Å². The van der Waals surface area contributed by atoms with Crippen molar-refractivity contribution in [3.05, 3.63) is 117 Å². The Hall–Kier alpha value is -3.46. The van der Waals surface area contributed by atoms with Gasteiger partial charge in [0.1, 0.15) is 23.0 Å². The first-order chi connectivity index (χ1) is 31.4. The molecule has 4 aromatic rings. The molecule has 0 unspecified atom stereocenters. The van der Waals surface area contributed by atoms with E-state index in [1.807, 2.05) is 24.3 Å². The van der Waals surface area contributed by atoms with E-state index in [1.165, 1.54) is 22.3 Å². The van der Waals surface area contributed by atoms with E-state index in [-0.39, 0.29) is 55.6 Å². The summed E-state index contributed by atoms with van der Waals surface area (Å²) in [5, 5.41) is 0. The van der Waals surface area contributed by atoms with Gasteiger partial charge in [-0.15, -0.1) is 0 Å². The Morgan fingerprint density at radius 3 is 0.629 bits per heavy atom. The Morgan fingerprint density at radius 2 is 0.471 bits per heavy atom. The first-order valence-electron chi connectivity index (χ1n) is 26.0. The smallest absolute Gasteiger partial charge is 0.416 e. The molecule has 0 amide bonds. The zero-order valence-corrected chi connectivity index (χ0v) is 50.3. The van der Waals surface area contributed by atoms with Crippen molar-refractivity contribution in [3.63, 3.8) is 0 Å². The van der Waals surface area contributed by atoms with Crippen molar-refractivity contribution in [2.45, 2.75) is 235 Å². The van der Waals surface area contributed by atoms with Crippen LogP contribution in [-0.2, 0) is 52.5 Å². The van der Waals surface area contributed by atoms with Crippen molar-refractivity contribution in [3.8, 4) is 23.0 Å². The highest BCUT2D eigenvalue weighted by atomic mass is 31.2. The maximum Gasteiger partial charge on any atom is 0.430 e. The fourth-order valence-corrected chi connectivity index (χ4v) is 11.9. The molecule has 0 saturated heterocycles. The second-order valence-electron chi connectivity index (χ2n) is 28.3. The van der Waals surface area contributed by atoms with E-state index >= 15 is 9.13 Å². The molecule has 390 valence electrons. The first-order valence-corrected chi connectivity index (χ1v) is 29.5. The van der Waals surface area contributed by atoms with Crippen LogP contribution in [0.2, 0.25) is 0 Å². The van der Waals surface area contributed by atoms with Crippen LogP contribution < -0.4 is 18.1 Å². The summed E-state index contributed by atoms with van der Waals surface area (Å²) in [6.07, 6.45) is 2.98. The zero-order valence-electron chi connectivity index (χ0n) is 48.5. The Balaban J connectivity index is 1.72. The van der Waals surface area contributed by atoms with Crippen LogP contribution in [-0.4, -0.2) is 12.3 Å². The maximum atomic E-state index is 15.5. The molecular weight excluding hydrogens is 903 g/mol. The van der Waals surface area contributed by atoms with E-state index in [9.17, 15) is 0 Å². The lowest BCUT2D eigenvalue weighted by Crippen LogP contribution is -2.19. The summed E-state index contributed by atoms with van der Waals surface area (Å²) in [5.74, 6) is 2.33. The summed E-state index contributed by atoms with van der Waals surface area (Å²) >= 11 is 0. The predicted octanol–water partition coefficient (Wildman–Crippen LogP) is 19.6. The highest BCUT2D eigenvalue weighted by molar-refractivity contribution is 7.55. The molecule has 0 aromatic heterocycles. The van der Waals surface area contributed by atoms with Crippen LogP contribution in [0.15, 0.2) is 72.8 Å². The summed E-state index contributed by atoms with van der Waals surface area (Å²) in [5.41, 5.74) is 7.27. The van der Waals surface area contributed by atoms with E-state index < -0.39 is 15.2 Å². The Morgan fingerprint density at radius 1 is 0.286 bits per heavy atom. The van der Waals surface area contributed by atoms with Gasteiger partial charge in [0.2, 0.25) is 0 Å². The molecule has 70 heavy (non-hydrogen) atoms. The van der Waals surface area contributed by atoms with Crippen molar-refractivity contribution in [1.82, 2.24) is 0 Å². The molecule has 4 aromatic carbocycles. The van der Waals surface area contributed by atoms with Crippen LogP contribution in [0, 0.1) is 0 Å². The highest BCUT2D eigenvalue weighted by Gasteiger charge is 2.37. The van der Waals surface area contributed by atoms with E-state index in [4.69, 9.17) is 18.1 Å². The van der Waals surface area contributed by atoms with E-state index in [1.54, 1.807) is 0 Å². The van der Waals surface area contributed by atoms with Crippen LogP contribution in [0.3, 0.4) is 0 Å². The lowest BCUT2D eigenvalue weighted by atomic mass is 9.80. The molecule has 0 radical (unpaired) electrons. The van der Waals surface area contributed by atoms with Gasteiger partial charge in [0, 0.05) is 22.3 Å². The molecule has 0 aliphatic heterocycles. The fraction of sp³-hybridized carbons (Fsp3) is 0.613. The molecule has 0 aliphatic rings. The van der Waals surface area contributed by atoms with Crippen molar-refractivity contribution in [1.29, 1.82) is 0 Å². The topological polar surface area (TPSA) is 71.1 Å². The Kier molecular flexibility index (Phi) is 17.6. The van der Waals surface area contributed by atoms with Crippen molar-refractivity contribution in [2.75, 3.05) is 12.3 Å². The van der Waals surface area contributed by atoms with Gasteiger partial charge in [-0.2, -0.15) is 0 Å². The molecule has 0 N–H and O–H groups in total. The molecule has 6 nitrogen and oxygen atoms in total. The predicted molar refractivity (Wildman–Crippen MR) is 301 cm³/mol. The van der Waals surface area contributed by atoms with Gasteiger partial charge in [-0.1, -0.05) is 228 Å². The van der Waals surface area contributed by atoms with Gasteiger partial charge < -0.3 is 18.1 Å². The summed E-state index contributed by atoms with van der Waals surface area (Å²) in [6.45, 7) is 52.4. The largest absolute Gasteiger partial charge is 0.430 e. The van der Waals surface area contributed by atoms with Gasteiger partial charge in [-0.25, -0.2) is 9.13 Å². The third-order valence-electron chi connectivity index (χ3n) is 13.2. The number of rotatable bonds is 15. The molecule has 8 heteroatoms. The van der Waals surface area contributed by atoms with E-state index in [0.29, 0.717) is 48.7 Å².